The maximum Gasteiger partial charge on any atom is 0.233 e. The lowest BCUT2D eigenvalue weighted by molar-refractivity contribution is -0.154. The van der Waals surface area contributed by atoms with Crippen LogP contribution < -0.4 is 5.32 Å². The zero-order valence-electron chi connectivity index (χ0n) is 18.9. The van der Waals surface area contributed by atoms with Gasteiger partial charge in [0.25, 0.3) is 0 Å². The number of imidazole rings is 1. The van der Waals surface area contributed by atoms with Crippen molar-refractivity contribution in [1.29, 1.82) is 0 Å². The molecule has 0 bridgehead atoms. The predicted molar refractivity (Wildman–Crippen MR) is 118 cm³/mol. The lowest BCUT2D eigenvalue weighted by Gasteiger charge is -2.27. The first-order chi connectivity index (χ1) is 14.8. The highest BCUT2D eigenvalue weighted by Gasteiger charge is 2.29. The molecule has 8 nitrogen and oxygen atoms in total. The fourth-order valence-corrected chi connectivity index (χ4v) is 4.75. The molecule has 0 saturated heterocycles. The number of rotatable bonds is 11. The Balaban J connectivity index is 1.59. The number of hydrogen-bond donors (Lipinski definition) is 2. The summed E-state index contributed by atoms with van der Waals surface area (Å²) in [7, 11) is 0. The van der Waals surface area contributed by atoms with Crippen LogP contribution in [-0.2, 0) is 22.6 Å². The zero-order valence-corrected chi connectivity index (χ0v) is 18.9. The Kier molecular flexibility index (Phi) is 7.64. The molecule has 0 aromatic carbocycles. The molecular formula is C23H35N5O3. The zero-order chi connectivity index (χ0) is 22.4. The van der Waals surface area contributed by atoms with Gasteiger partial charge < -0.3 is 9.88 Å². The van der Waals surface area contributed by atoms with Gasteiger partial charge in [0, 0.05) is 32.1 Å². The van der Waals surface area contributed by atoms with E-state index in [1.54, 1.807) is 12.4 Å². The number of aryl methyl sites for hydroxylation is 1. The molecule has 1 aliphatic rings. The summed E-state index contributed by atoms with van der Waals surface area (Å²) in [5.41, 5.74) is 1.80. The van der Waals surface area contributed by atoms with Gasteiger partial charge in [-0.25, -0.2) is 10.0 Å². The van der Waals surface area contributed by atoms with Crippen molar-refractivity contribution in [2.24, 2.45) is 17.3 Å². The van der Waals surface area contributed by atoms with Crippen LogP contribution in [0, 0.1) is 17.3 Å². The van der Waals surface area contributed by atoms with Crippen LogP contribution in [0.25, 0.3) is 11.0 Å². The topological polar surface area (TPSA) is 100 Å². The van der Waals surface area contributed by atoms with Gasteiger partial charge in [0.1, 0.15) is 11.3 Å². The first kappa shape index (κ1) is 23.2. The van der Waals surface area contributed by atoms with E-state index in [0.29, 0.717) is 30.4 Å². The van der Waals surface area contributed by atoms with Crippen molar-refractivity contribution in [3.63, 3.8) is 0 Å². The standard InChI is InChI=1S/C23H35N5O3/c1-4-28-20-9-10-24-13-19(20)26-21(28)12-23(2,3)15-25-22(30)11-18(14-27(31)16-29)17-7-5-6-8-17/h9-10,13,16-18,31H,4-8,11-12,14-15H2,1-3H3,(H,25,30). The van der Waals surface area contributed by atoms with E-state index < -0.39 is 0 Å². The van der Waals surface area contributed by atoms with Crippen LogP contribution in [-0.4, -0.2) is 50.2 Å². The molecule has 2 heterocycles. The third-order valence-electron chi connectivity index (χ3n) is 6.40. The van der Waals surface area contributed by atoms with Crippen molar-refractivity contribution in [1.82, 2.24) is 24.9 Å². The number of hydrogen-bond acceptors (Lipinski definition) is 5. The van der Waals surface area contributed by atoms with Gasteiger partial charge in [-0.3, -0.25) is 19.8 Å². The van der Waals surface area contributed by atoms with Crippen LogP contribution >= 0.6 is 0 Å². The van der Waals surface area contributed by atoms with E-state index in [2.05, 4.69) is 35.6 Å². The van der Waals surface area contributed by atoms with Crippen LogP contribution in [0.4, 0.5) is 0 Å². The molecule has 0 spiro atoms. The summed E-state index contributed by atoms with van der Waals surface area (Å²) in [6, 6.07) is 1.98. The summed E-state index contributed by atoms with van der Waals surface area (Å²) in [6.07, 6.45) is 9.44. The lowest BCUT2D eigenvalue weighted by Crippen LogP contribution is -2.38. The van der Waals surface area contributed by atoms with E-state index >= 15 is 0 Å². The number of nitrogens with zero attached hydrogens (tertiary/aromatic N) is 4. The number of aromatic nitrogens is 3. The molecule has 2 amide bonds. The van der Waals surface area contributed by atoms with Gasteiger partial charge in [-0.15, -0.1) is 0 Å². The molecule has 1 aliphatic carbocycles. The smallest absolute Gasteiger partial charge is 0.233 e. The predicted octanol–water partition coefficient (Wildman–Crippen LogP) is 3.18. The lowest BCUT2D eigenvalue weighted by atomic mass is 9.86. The van der Waals surface area contributed by atoms with E-state index in [1.807, 2.05) is 6.07 Å². The maximum atomic E-state index is 12.7. The highest BCUT2D eigenvalue weighted by molar-refractivity contribution is 5.76. The van der Waals surface area contributed by atoms with E-state index in [0.717, 1.165) is 55.5 Å². The summed E-state index contributed by atoms with van der Waals surface area (Å²) in [5, 5.41) is 13.4. The molecule has 2 aromatic heterocycles. The van der Waals surface area contributed by atoms with Crippen molar-refractivity contribution >= 4 is 23.4 Å². The maximum absolute atomic E-state index is 12.7. The Morgan fingerprint density at radius 3 is 2.84 bits per heavy atom. The highest BCUT2D eigenvalue weighted by Crippen LogP contribution is 2.33. The second-order valence-corrected chi connectivity index (χ2v) is 9.49. The Hall–Kier alpha value is -2.48. The minimum atomic E-state index is -0.175. The minimum absolute atomic E-state index is 0.0161. The molecule has 2 N–H and O–H groups in total. The van der Waals surface area contributed by atoms with Gasteiger partial charge in [-0.1, -0.05) is 39.5 Å². The molecule has 1 atom stereocenters. The fraction of sp³-hybridized carbons (Fsp3) is 0.652. The Labute approximate surface area is 184 Å². The molecule has 170 valence electrons. The number of hydroxylamine groups is 2. The van der Waals surface area contributed by atoms with Crippen molar-refractivity contribution in [2.45, 2.75) is 65.8 Å². The summed E-state index contributed by atoms with van der Waals surface area (Å²) >= 11 is 0. The van der Waals surface area contributed by atoms with Gasteiger partial charge in [-0.05, 0) is 30.2 Å². The molecular weight excluding hydrogens is 394 g/mol. The monoisotopic (exact) mass is 429 g/mol. The molecule has 1 unspecified atom stereocenters. The molecule has 1 fully saturated rings. The quantitative estimate of drug-likeness (QED) is 0.325. The molecule has 0 aliphatic heterocycles. The number of nitrogens with one attached hydrogen (secondary N) is 1. The SMILES string of the molecule is CCn1c(CC(C)(C)CNC(=O)CC(CN(O)C=O)C2CCCC2)nc2cnccc21. The van der Waals surface area contributed by atoms with Gasteiger partial charge in [0.15, 0.2) is 0 Å². The average Bonchev–Trinajstić information content (AvgIpc) is 3.39. The van der Waals surface area contributed by atoms with E-state index in [9.17, 15) is 14.8 Å². The molecule has 3 rings (SSSR count). The molecule has 0 radical (unpaired) electrons. The van der Waals surface area contributed by atoms with Crippen molar-refractivity contribution < 1.29 is 14.8 Å². The first-order valence-electron chi connectivity index (χ1n) is 11.3. The Bertz CT molecular complexity index is 888. The van der Waals surface area contributed by atoms with Crippen LogP contribution in [0.2, 0.25) is 0 Å². The van der Waals surface area contributed by atoms with Crippen LogP contribution in [0.1, 0.15) is 58.7 Å². The van der Waals surface area contributed by atoms with Crippen LogP contribution in [0.5, 0.6) is 0 Å². The summed E-state index contributed by atoms with van der Waals surface area (Å²) in [4.78, 5) is 32.5. The number of carbonyl (C=O) groups excluding carboxylic acids is 2. The van der Waals surface area contributed by atoms with Crippen molar-refractivity contribution in [3.05, 3.63) is 24.3 Å². The number of fused-ring (bicyclic) bond motifs is 1. The number of carbonyl (C=O) groups is 2. The van der Waals surface area contributed by atoms with Gasteiger partial charge in [0.05, 0.1) is 18.3 Å². The van der Waals surface area contributed by atoms with Crippen LogP contribution in [0.15, 0.2) is 18.5 Å². The Morgan fingerprint density at radius 2 is 2.16 bits per heavy atom. The third kappa shape index (κ3) is 6.03. The van der Waals surface area contributed by atoms with Gasteiger partial charge >= 0.3 is 0 Å². The van der Waals surface area contributed by atoms with E-state index in [-0.39, 0.29) is 23.8 Å². The van der Waals surface area contributed by atoms with Gasteiger partial charge in [-0.2, -0.15) is 0 Å². The molecule has 31 heavy (non-hydrogen) atoms. The normalized spacial score (nSPS) is 15.9. The summed E-state index contributed by atoms with van der Waals surface area (Å²) in [5.74, 6) is 1.33. The summed E-state index contributed by atoms with van der Waals surface area (Å²) < 4.78 is 2.20. The number of pyridine rings is 1. The Morgan fingerprint density at radius 1 is 1.42 bits per heavy atom. The second kappa shape index (κ2) is 10.2. The largest absolute Gasteiger partial charge is 0.356 e. The summed E-state index contributed by atoms with van der Waals surface area (Å²) in [6.45, 7) is 7.93. The second-order valence-electron chi connectivity index (χ2n) is 9.49. The number of amides is 2. The average molecular weight is 430 g/mol. The molecule has 2 aromatic rings. The molecule has 8 heteroatoms. The highest BCUT2D eigenvalue weighted by atomic mass is 16.5. The minimum Gasteiger partial charge on any atom is -0.356 e. The first-order valence-corrected chi connectivity index (χ1v) is 11.3. The van der Waals surface area contributed by atoms with E-state index in [4.69, 9.17) is 4.98 Å². The third-order valence-corrected chi connectivity index (χ3v) is 6.40. The van der Waals surface area contributed by atoms with Crippen molar-refractivity contribution in [2.75, 3.05) is 13.1 Å². The van der Waals surface area contributed by atoms with E-state index in [1.165, 1.54) is 0 Å². The fourth-order valence-electron chi connectivity index (χ4n) is 4.75. The van der Waals surface area contributed by atoms with Crippen molar-refractivity contribution in [3.8, 4) is 0 Å². The van der Waals surface area contributed by atoms with Crippen LogP contribution in [0.3, 0.4) is 0 Å². The molecule has 1 saturated carbocycles. The van der Waals surface area contributed by atoms with Gasteiger partial charge in [0.2, 0.25) is 12.3 Å².